The molecule has 142 valence electrons. The van der Waals surface area contributed by atoms with Crippen LogP contribution in [0.5, 0.6) is 5.75 Å². The lowest BCUT2D eigenvalue weighted by Gasteiger charge is -2.37. The normalized spacial score (nSPS) is 22.3. The summed E-state index contributed by atoms with van der Waals surface area (Å²) in [6.07, 6.45) is 5.12. The molecule has 1 aromatic carbocycles. The highest BCUT2D eigenvalue weighted by Crippen LogP contribution is 2.39. The van der Waals surface area contributed by atoms with Crippen molar-refractivity contribution in [2.24, 2.45) is 0 Å². The summed E-state index contributed by atoms with van der Waals surface area (Å²) in [4.78, 5) is 21.6. The van der Waals surface area contributed by atoms with E-state index in [-0.39, 0.29) is 5.91 Å². The van der Waals surface area contributed by atoms with E-state index in [2.05, 4.69) is 15.0 Å². The van der Waals surface area contributed by atoms with Crippen molar-refractivity contribution in [3.05, 3.63) is 36.0 Å². The van der Waals surface area contributed by atoms with Gasteiger partial charge in [0.1, 0.15) is 5.75 Å². The number of nitrogens with zero attached hydrogens (tertiary/aromatic N) is 4. The molecule has 2 aliphatic heterocycles. The van der Waals surface area contributed by atoms with Gasteiger partial charge in [-0.15, -0.1) is 0 Å². The second kappa shape index (κ2) is 6.87. The SMILES string of the molecule is O=C([C@@H]1CN(Cc2noc(C3CC3)n2)c2ccccc2O1)N1CCCCC1. The number of rotatable bonds is 4. The summed E-state index contributed by atoms with van der Waals surface area (Å²) < 4.78 is 11.5. The van der Waals surface area contributed by atoms with Crippen LogP contribution in [0.4, 0.5) is 5.69 Å². The van der Waals surface area contributed by atoms with Crippen LogP contribution < -0.4 is 9.64 Å². The standard InChI is InChI=1S/C20H24N4O3/c25-20(23-10-4-1-5-11-23)17-12-24(15-6-2-3-7-16(15)26-17)13-18-21-19(27-22-18)14-8-9-14/h2-3,6-7,14,17H,1,4-5,8-13H2/t17-/m0/s1. The van der Waals surface area contributed by atoms with Gasteiger partial charge in [-0.05, 0) is 44.2 Å². The van der Waals surface area contributed by atoms with Gasteiger partial charge in [-0.3, -0.25) is 4.79 Å². The molecule has 5 rings (SSSR count). The topological polar surface area (TPSA) is 71.7 Å². The first-order chi connectivity index (χ1) is 13.3. The van der Waals surface area contributed by atoms with Crippen LogP contribution >= 0.6 is 0 Å². The minimum Gasteiger partial charge on any atom is -0.477 e. The Bertz CT molecular complexity index is 826. The average molecular weight is 368 g/mol. The van der Waals surface area contributed by atoms with Crippen molar-refractivity contribution in [1.29, 1.82) is 0 Å². The largest absolute Gasteiger partial charge is 0.477 e. The summed E-state index contributed by atoms with van der Waals surface area (Å²) in [5.41, 5.74) is 0.970. The number of ether oxygens (including phenoxy) is 1. The van der Waals surface area contributed by atoms with Crippen LogP contribution in [0.1, 0.15) is 49.7 Å². The highest BCUT2D eigenvalue weighted by Gasteiger charge is 2.35. The van der Waals surface area contributed by atoms with Gasteiger partial charge in [0.05, 0.1) is 18.8 Å². The quantitative estimate of drug-likeness (QED) is 0.826. The molecule has 1 saturated carbocycles. The average Bonchev–Trinajstić information content (AvgIpc) is 3.47. The van der Waals surface area contributed by atoms with Crippen molar-refractivity contribution in [3.63, 3.8) is 0 Å². The van der Waals surface area contributed by atoms with E-state index in [0.717, 1.165) is 56.1 Å². The number of carbonyl (C=O) groups is 1. The third-order valence-electron chi connectivity index (χ3n) is 5.55. The van der Waals surface area contributed by atoms with Crippen molar-refractivity contribution in [2.75, 3.05) is 24.5 Å². The van der Waals surface area contributed by atoms with Crippen molar-refractivity contribution in [3.8, 4) is 5.75 Å². The Balaban J connectivity index is 1.36. The molecule has 0 N–H and O–H groups in total. The number of amides is 1. The van der Waals surface area contributed by atoms with Gasteiger partial charge >= 0.3 is 0 Å². The van der Waals surface area contributed by atoms with Crippen LogP contribution in [0.25, 0.3) is 0 Å². The van der Waals surface area contributed by atoms with Gasteiger partial charge in [-0.2, -0.15) is 4.98 Å². The van der Waals surface area contributed by atoms with E-state index in [1.54, 1.807) is 0 Å². The van der Waals surface area contributed by atoms with Crippen LogP contribution in [0.3, 0.4) is 0 Å². The molecule has 1 amide bonds. The fraction of sp³-hybridized carbons (Fsp3) is 0.550. The van der Waals surface area contributed by atoms with Gasteiger partial charge in [-0.25, -0.2) is 0 Å². The first-order valence-electron chi connectivity index (χ1n) is 9.90. The lowest BCUT2D eigenvalue weighted by Crippen LogP contribution is -2.51. The van der Waals surface area contributed by atoms with Gasteiger partial charge in [0.2, 0.25) is 5.89 Å². The number of aromatic nitrogens is 2. The lowest BCUT2D eigenvalue weighted by molar-refractivity contribution is -0.139. The Morgan fingerprint density at radius 1 is 1.15 bits per heavy atom. The highest BCUT2D eigenvalue weighted by molar-refractivity contribution is 5.83. The van der Waals surface area contributed by atoms with Crippen LogP contribution in [0.15, 0.2) is 28.8 Å². The molecule has 2 fully saturated rings. The summed E-state index contributed by atoms with van der Waals surface area (Å²) in [6.45, 7) is 2.67. The summed E-state index contributed by atoms with van der Waals surface area (Å²) in [6, 6.07) is 7.85. The smallest absolute Gasteiger partial charge is 0.265 e. The van der Waals surface area contributed by atoms with Crippen LogP contribution in [-0.4, -0.2) is 46.7 Å². The maximum Gasteiger partial charge on any atom is 0.265 e. The second-order valence-electron chi connectivity index (χ2n) is 7.66. The van der Waals surface area contributed by atoms with Gasteiger partial charge in [-0.1, -0.05) is 17.3 Å². The van der Waals surface area contributed by atoms with E-state index in [1.807, 2.05) is 29.2 Å². The van der Waals surface area contributed by atoms with Crippen molar-refractivity contribution >= 4 is 11.6 Å². The van der Waals surface area contributed by atoms with Crippen LogP contribution in [0, 0.1) is 0 Å². The maximum atomic E-state index is 13.0. The van der Waals surface area contributed by atoms with Crippen LogP contribution in [-0.2, 0) is 11.3 Å². The molecule has 3 heterocycles. The van der Waals surface area contributed by atoms with Gasteiger partial charge in [0, 0.05) is 19.0 Å². The van der Waals surface area contributed by atoms with E-state index < -0.39 is 6.10 Å². The molecule has 1 aromatic heterocycles. The molecule has 1 saturated heterocycles. The van der Waals surface area contributed by atoms with E-state index in [9.17, 15) is 4.79 Å². The molecular weight excluding hydrogens is 344 g/mol. The minimum atomic E-state index is -0.493. The zero-order chi connectivity index (χ0) is 18.2. The minimum absolute atomic E-state index is 0.0842. The van der Waals surface area contributed by atoms with Crippen molar-refractivity contribution in [1.82, 2.24) is 15.0 Å². The van der Waals surface area contributed by atoms with Gasteiger partial charge in [0.25, 0.3) is 5.91 Å². The third kappa shape index (κ3) is 3.38. The number of hydrogen-bond acceptors (Lipinski definition) is 6. The fourth-order valence-corrected chi connectivity index (χ4v) is 3.90. The number of benzene rings is 1. The van der Waals surface area contributed by atoms with Gasteiger partial charge < -0.3 is 19.1 Å². The number of anilines is 1. The van der Waals surface area contributed by atoms with E-state index in [1.165, 1.54) is 6.42 Å². The van der Waals surface area contributed by atoms with Crippen molar-refractivity contribution in [2.45, 2.75) is 50.7 Å². The predicted octanol–water partition coefficient (Wildman–Crippen LogP) is 2.73. The summed E-state index contributed by atoms with van der Waals surface area (Å²) >= 11 is 0. The molecule has 3 aliphatic rings. The van der Waals surface area contributed by atoms with Gasteiger partial charge in [0.15, 0.2) is 11.9 Å². The first-order valence-corrected chi connectivity index (χ1v) is 9.90. The number of piperidine rings is 1. The van der Waals surface area contributed by atoms with Crippen LogP contribution in [0.2, 0.25) is 0 Å². The Hall–Kier alpha value is -2.57. The maximum absolute atomic E-state index is 13.0. The molecule has 0 spiro atoms. The second-order valence-corrected chi connectivity index (χ2v) is 7.66. The zero-order valence-corrected chi connectivity index (χ0v) is 15.3. The molecule has 7 heteroatoms. The Labute approximate surface area is 158 Å². The zero-order valence-electron chi connectivity index (χ0n) is 15.3. The summed E-state index contributed by atoms with van der Waals surface area (Å²) in [5.74, 6) is 2.67. The molecule has 7 nitrogen and oxygen atoms in total. The predicted molar refractivity (Wildman–Crippen MR) is 98.6 cm³/mol. The number of fused-ring (bicyclic) bond motifs is 1. The first kappa shape index (κ1) is 16.6. The molecule has 27 heavy (non-hydrogen) atoms. The molecule has 1 atom stereocenters. The third-order valence-corrected chi connectivity index (χ3v) is 5.55. The summed E-state index contributed by atoms with van der Waals surface area (Å²) in [7, 11) is 0. The van der Waals surface area contributed by atoms with E-state index in [0.29, 0.717) is 24.8 Å². The fourth-order valence-electron chi connectivity index (χ4n) is 3.90. The number of carbonyl (C=O) groups excluding carboxylic acids is 1. The monoisotopic (exact) mass is 368 g/mol. The van der Waals surface area contributed by atoms with E-state index in [4.69, 9.17) is 9.26 Å². The molecule has 0 radical (unpaired) electrons. The summed E-state index contributed by atoms with van der Waals surface area (Å²) in [5, 5.41) is 4.14. The number of likely N-dealkylation sites (tertiary alicyclic amines) is 1. The Morgan fingerprint density at radius 3 is 2.78 bits per heavy atom. The molecule has 2 aromatic rings. The molecule has 0 bridgehead atoms. The van der Waals surface area contributed by atoms with E-state index >= 15 is 0 Å². The molecular formula is C20H24N4O3. The molecule has 1 aliphatic carbocycles. The number of hydrogen-bond donors (Lipinski definition) is 0. The highest BCUT2D eigenvalue weighted by atomic mass is 16.5. The molecule has 0 unspecified atom stereocenters. The van der Waals surface area contributed by atoms with Crippen molar-refractivity contribution < 1.29 is 14.1 Å². The lowest BCUT2D eigenvalue weighted by atomic mass is 10.1. The Morgan fingerprint density at radius 2 is 1.96 bits per heavy atom. The Kier molecular flexibility index (Phi) is 4.22. The number of para-hydroxylation sites is 2.